The molecule has 0 atom stereocenters. The molecule has 0 aromatic heterocycles. The number of rotatable bonds is 7. The molecule has 124 valence electrons. The van der Waals surface area contributed by atoms with Crippen molar-refractivity contribution in [3.05, 3.63) is 63.6 Å². The van der Waals surface area contributed by atoms with E-state index in [4.69, 9.17) is 27.9 Å². The van der Waals surface area contributed by atoms with Crippen molar-refractivity contribution >= 4 is 23.2 Å². The third kappa shape index (κ3) is 5.42. The smallest absolute Gasteiger partial charge is 0.156 e. The van der Waals surface area contributed by atoms with Crippen LogP contribution in [0.5, 0.6) is 5.75 Å². The molecule has 0 fully saturated rings. The van der Waals surface area contributed by atoms with Gasteiger partial charge < -0.3 is 10.1 Å². The summed E-state index contributed by atoms with van der Waals surface area (Å²) >= 11 is 12.7. The molecule has 2 aromatic rings. The third-order valence-electron chi connectivity index (χ3n) is 3.94. The zero-order valence-electron chi connectivity index (χ0n) is 13.8. The van der Waals surface area contributed by atoms with Crippen LogP contribution < -0.4 is 10.1 Å². The van der Waals surface area contributed by atoms with E-state index in [1.807, 2.05) is 42.5 Å². The predicted molar refractivity (Wildman–Crippen MR) is 98.4 cm³/mol. The topological polar surface area (TPSA) is 21.3 Å². The summed E-state index contributed by atoms with van der Waals surface area (Å²) in [6.45, 7) is 7.68. The average Bonchev–Trinajstić information content (AvgIpc) is 2.53. The minimum atomic E-state index is 0.0848. The molecule has 0 bridgehead atoms. The van der Waals surface area contributed by atoms with E-state index in [0.717, 1.165) is 24.1 Å². The molecule has 0 aliphatic rings. The fourth-order valence-electron chi connectivity index (χ4n) is 2.05. The van der Waals surface area contributed by atoms with Gasteiger partial charge in [0.15, 0.2) is 5.75 Å². The van der Waals surface area contributed by atoms with E-state index < -0.39 is 0 Å². The molecule has 0 spiro atoms. The summed E-state index contributed by atoms with van der Waals surface area (Å²) in [7, 11) is 0. The largest absolute Gasteiger partial charge is 0.486 e. The second-order valence-corrected chi connectivity index (χ2v) is 7.07. The number of hydrogen-bond donors (Lipinski definition) is 1. The fraction of sp³-hybridized carbons (Fsp3) is 0.368. The van der Waals surface area contributed by atoms with Crippen LogP contribution in [0.3, 0.4) is 0 Å². The first-order valence-corrected chi connectivity index (χ1v) is 8.56. The SMILES string of the molecule is CCC(C)(C)NCc1cc(Cl)c(OCc2ccccc2)c(Cl)c1. The Morgan fingerprint density at radius 3 is 2.17 bits per heavy atom. The van der Waals surface area contributed by atoms with Gasteiger partial charge in [0.05, 0.1) is 10.0 Å². The first-order valence-electron chi connectivity index (χ1n) is 7.81. The van der Waals surface area contributed by atoms with Crippen LogP contribution in [-0.4, -0.2) is 5.54 Å². The molecule has 4 heteroatoms. The Kier molecular flexibility index (Phi) is 6.34. The quantitative estimate of drug-likeness (QED) is 0.675. The number of nitrogens with one attached hydrogen (secondary N) is 1. The van der Waals surface area contributed by atoms with Crippen molar-refractivity contribution in [2.45, 2.75) is 45.9 Å². The summed E-state index contributed by atoms with van der Waals surface area (Å²) in [6, 6.07) is 13.8. The van der Waals surface area contributed by atoms with E-state index in [-0.39, 0.29) is 5.54 Å². The van der Waals surface area contributed by atoms with E-state index in [9.17, 15) is 0 Å². The molecular formula is C19H23Cl2NO. The molecule has 23 heavy (non-hydrogen) atoms. The van der Waals surface area contributed by atoms with Crippen LogP contribution in [0.4, 0.5) is 0 Å². The van der Waals surface area contributed by atoms with Gasteiger partial charge in [0, 0.05) is 12.1 Å². The summed E-state index contributed by atoms with van der Waals surface area (Å²) in [4.78, 5) is 0. The van der Waals surface area contributed by atoms with Crippen LogP contribution in [0, 0.1) is 0 Å². The van der Waals surface area contributed by atoms with Crippen molar-refractivity contribution in [1.82, 2.24) is 5.32 Å². The van der Waals surface area contributed by atoms with Gasteiger partial charge >= 0.3 is 0 Å². The van der Waals surface area contributed by atoms with Gasteiger partial charge in [0.2, 0.25) is 0 Å². The minimum Gasteiger partial charge on any atom is -0.486 e. The highest BCUT2D eigenvalue weighted by molar-refractivity contribution is 6.37. The molecule has 2 nitrogen and oxygen atoms in total. The maximum Gasteiger partial charge on any atom is 0.156 e. The Balaban J connectivity index is 2.05. The summed E-state index contributed by atoms with van der Waals surface area (Å²) < 4.78 is 5.79. The van der Waals surface area contributed by atoms with Gasteiger partial charge in [0.25, 0.3) is 0 Å². The molecule has 0 unspecified atom stereocenters. The predicted octanol–water partition coefficient (Wildman–Crippen LogP) is 5.85. The summed E-state index contributed by atoms with van der Waals surface area (Å²) in [5.74, 6) is 0.538. The van der Waals surface area contributed by atoms with E-state index in [1.165, 1.54) is 0 Å². The lowest BCUT2D eigenvalue weighted by molar-refractivity contribution is 0.306. The zero-order chi connectivity index (χ0) is 16.9. The monoisotopic (exact) mass is 351 g/mol. The Hall–Kier alpha value is -1.22. The second kappa shape index (κ2) is 8.05. The normalized spacial score (nSPS) is 11.5. The average molecular weight is 352 g/mol. The van der Waals surface area contributed by atoms with Gasteiger partial charge in [-0.05, 0) is 43.5 Å². The lowest BCUT2D eigenvalue weighted by atomic mass is 10.0. The van der Waals surface area contributed by atoms with Crippen molar-refractivity contribution in [1.29, 1.82) is 0 Å². The van der Waals surface area contributed by atoms with Crippen LogP contribution in [-0.2, 0) is 13.2 Å². The molecule has 0 amide bonds. The van der Waals surface area contributed by atoms with Crippen LogP contribution in [0.2, 0.25) is 10.0 Å². The van der Waals surface area contributed by atoms with Gasteiger partial charge in [-0.25, -0.2) is 0 Å². The molecule has 0 saturated heterocycles. The second-order valence-electron chi connectivity index (χ2n) is 6.25. The van der Waals surface area contributed by atoms with Crippen LogP contribution in [0.1, 0.15) is 38.3 Å². The van der Waals surface area contributed by atoms with Crippen molar-refractivity contribution in [3.63, 3.8) is 0 Å². The van der Waals surface area contributed by atoms with E-state index in [0.29, 0.717) is 22.4 Å². The van der Waals surface area contributed by atoms with Crippen molar-refractivity contribution in [3.8, 4) is 5.75 Å². The van der Waals surface area contributed by atoms with E-state index in [2.05, 4.69) is 26.1 Å². The van der Waals surface area contributed by atoms with Crippen molar-refractivity contribution in [2.24, 2.45) is 0 Å². The number of hydrogen-bond acceptors (Lipinski definition) is 2. The molecule has 0 heterocycles. The Morgan fingerprint density at radius 1 is 1.00 bits per heavy atom. The highest BCUT2D eigenvalue weighted by Gasteiger charge is 2.15. The van der Waals surface area contributed by atoms with E-state index in [1.54, 1.807) is 0 Å². The first-order chi connectivity index (χ1) is 10.9. The standard InChI is InChI=1S/C19H23Cl2NO/c1-4-19(2,3)22-12-15-10-16(20)18(17(21)11-15)23-13-14-8-6-5-7-9-14/h5-11,22H,4,12-13H2,1-3H3. The van der Waals surface area contributed by atoms with E-state index >= 15 is 0 Å². The highest BCUT2D eigenvalue weighted by atomic mass is 35.5. The maximum atomic E-state index is 6.35. The molecule has 2 rings (SSSR count). The zero-order valence-corrected chi connectivity index (χ0v) is 15.3. The summed E-state index contributed by atoms with van der Waals surface area (Å²) in [5, 5.41) is 4.58. The highest BCUT2D eigenvalue weighted by Crippen LogP contribution is 2.35. The molecule has 0 radical (unpaired) electrons. The first kappa shape index (κ1) is 18.1. The van der Waals surface area contributed by atoms with Crippen LogP contribution >= 0.6 is 23.2 Å². The number of halogens is 2. The summed E-state index contributed by atoms with van der Waals surface area (Å²) in [6.07, 6.45) is 1.05. The van der Waals surface area contributed by atoms with Gasteiger partial charge in [-0.1, -0.05) is 60.5 Å². The van der Waals surface area contributed by atoms with Crippen LogP contribution in [0.15, 0.2) is 42.5 Å². The lowest BCUT2D eigenvalue weighted by Crippen LogP contribution is -2.37. The molecule has 1 N–H and O–H groups in total. The van der Waals surface area contributed by atoms with Crippen LogP contribution in [0.25, 0.3) is 0 Å². The fourth-order valence-corrected chi connectivity index (χ4v) is 2.69. The molecule has 0 saturated carbocycles. The molecule has 0 aliphatic heterocycles. The number of benzene rings is 2. The number of ether oxygens (including phenoxy) is 1. The lowest BCUT2D eigenvalue weighted by Gasteiger charge is -2.25. The summed E-state index contributed by atoms with van der Waals surface area (Å²) in [5.41, 5.74) is 2.21. The molecule has 0 aliphatic carbocycles. The molecular weight excluding hydrogens is 329 g/mol. The van der Waals surface area contributed by atoms with Crippen molar-refractivity contribution in [2.75, 3.05) is 0 Å². The van der Waals surface area contributed by atoms with Gasteiger partial charge in [-0.2, -0.15) is 0 Å². The minimum absolute atomic E-state index is 0.0848. The maximum absolute atomic E-state index is 6.35. The van der Waals surface area contributed by atoms with Gasteiger partial charge in [0.1, 0.15) is 6.61 Å². The Morgan fingerprint density at radius 2 is 1.61 bits per heavy atom. The van der Waals surface area contributed by atoms with Crippen molar-refractivity contribution < 1.29 is 4.74 Å². The van der Waals surface area contributed by atoms with Gasteiger partial charge in [-0.15, -0.1) is 0 Å². The Labute approximate surface area is 148 Å². The Bertz CT molecular complexity index is 618. The molecule has 2 aromatic carbocycles. The third-order valence-corrected chi connectivity index (χ3v) is 4.50. The van der Waals surface area contributed by atoms with Gasteiger partial charge in [-0.3, -0.25) is 0 Å².